The number of nitrogens with zero attached hydrogens (tertiary/aromatic N) is 3. The third-order valence-electron chi connectivity index (χ3n) is 5.39. The largest absolute Gasteiger partial charge is 0.379 e. The van der Waals surface area contributed by atoms with Crippen molar-refractivity contribution in [2.45, 2.75) is 38.9 Å². The molecule has 0 aromatic heterocycles. The molecule has 2 aliphatic rings. The molecule has 1 aromatic rings. The van der Waals surface area contributed by atoms with Crippen LogP contribution < -0.4 is 11.1 Å². The maximum absolute atomic E-state index is 6.04. The molecule has 6 nitrogen and oxygen atoms in total. The van der Waals surface area contributed by atoms with Crippen LogP contribution in [0.2, 0.25) is 0 Å². The lowest BCUT2D eigenvalue weighted by Crippen LogP contribution is -2.42. The fourth-order valence-electron chi connectivity index (χ4n) is 3.76. The SMILES string of the molecule is CCN1CCCC1CNC(N)=NCc1ccc(CN2CCOCC2)cc1. The van der Waals surface area contributed by atoms with Gasteiger partial charge in [0.2, 0.25) is 0 Å². The average molecular weight is 360 g/mol. The lowest BCUT2D eigenvalue weighted by atomic mass is 10.1. The van der Waals surface area contributed by atoms with E-state index in [9.17, 15) is 0 Å². The van der Waals surface area contributed by atoms with Gasteiger partial charge in [-0.3, -0.25) is 9.80 Å². The molecule has 3 rings (SSSR count). The second-order valence-electron chi connectivity index (χ2n) is 7.21. The maximum atomic E-state index is 6.04. The molecule has 0 spiro atoms. The molecular weight excluding hydrogens is 326 g/mol. The molecule has 3 N–H and O–H groups in total. The van der Waals surface area contributed by atoms with Gasteiger partial charge in [0.25, 0.3) is 0 Å². The van der Waals surface area contributed by atoms with E-state index < -0.39 is 0 Å². The second-order valence-corrected chi connectivity index (χ2v) is 7.21. The molecule has 1 aromatic carbocycles. The number of nitrogens with one attached hydrogen (secondary N) is 1. The summed E-state index contributed by atoms with van der Waals surface area (Å²) in [6.45, 7) is 10.8. The molecule has 0 amide bonds. The number of hydrogen-bond donors (Lipinski definition) is 2. The average Bonchev–Trinajstić information content (AvgIpc) is 3.14. The van der Waals surface area contributed by atoms with Gasteiger partial charge in [-0.1, -0.05) is 31.2 Å². The number of rotatable bonds is 7. The van der Waals surface area contributed by atoms with Gasteiger partial charge >= 0.3 is 0 Å². The molecule has 2 saturated heterocycles. The smallest absolute Gasteiger partial charge is 0.188 e. The topological polar surface area (TPSA) is 66.1 Å². The molecule has 2 fully saturated rings. The zero-order chi connectivity index (χ0) is 18.2. The first kappa shape index (κ1) is 19.1. The molecule has 26 heavy (non-hydrogen) atoms. The van der Waals surface area contributed by atoms with E-state index >= 15 is 0 Å². The van der Waals surface area contributed by atoms with Gasteiger partial charge in [-0.25, -0.2) is 4.99 Å². The molecular formula is C20H33N5O. The molecule has 6 heteroatoms. The Morgan fingerprint density at radius 1 is 1.19 bits per heavy atom. The van der Waals surface area contributed by atoms with Gasteiger partial charge in [0.15, 0.2) is 5.96 Å². The highest BCUT2D eigenvalue weighted by Gasteiger charge is 2.22. The Bertz CT molecular complexity index is 568. The van der Waals surface area contributed by atoms with Crippen LogP contribution in [-0.4, -0.2) is 67.7 Å². The zero-order valence-corrected chi connectivity index (χ0v) is 16.0. The Balaban J connectivity index is 1.42. The Morgan fingerprint density at radius 2 is 1.92 bits per heavy atom. The highest BCUT2D eigenvalue weighted by molar-refractivity contribution is 5.77. The van der Waals surface area contributed by atoms with Crippen LogP contribution in [0.1, 0.15) is 30.9 Å². The zero-order valence-electron chi connectivity index (χ0n) is 16.0. The standard InChI is InChI=1S/C20H33N5O/c1-2-25-9-3-4-19(25)15-23-20(21)22-14-17-5-7-18(8-6-17)16-24-10-12-26-13-11-24/h5-8,19H,2-4,9-16H2,1H3,(H3,21,22,23). The van der Waals surface area contributed by atoms with E-state index in [4.69, 9.17) is 10.5 Å². The third kappa shape index (κ3) is 5.69. The summed E-state index contributed by atoms with van der Waals surface area (Å²) in [5, 5.41) is 3.29. The number of nitrogens with two attached hydrogens (primary N) is 1. The summed E-state index contributed by atoms with van der Waals surface area (Å²) in [5.74, 6) is 0.547. The minimum absolute atomic E-state index is 0.547. The molecule has 144 valence electrons. The van der Waals surface area contributed by atoms with Crippen molar-refractivity contribution in [2.75, 3.05) is 45.9 Å². The number of morpholine rings is 1. The summed E-state index contributed by atoms with van der Waals surface area (Å²) in [6.07, 6.45) is 2.53. The van der Waals surface area contributed by atoms with Gasteiger partial charge in [0, 0.05) is 32.2 Å². The molecule has 1 unspecified atom stereocenters. The summed E-state index contributed by atoms with van der Waals surface area (Å²) in [4.78, 5) is 9.43. The van der Waals surface area contributed by atoms with E-state index in [1.807, 2.05) is 0 Å². The van der Waals surface area contributed by atoms with Crippen molar-refractivity contribution in [3.8, 4) is 0 Å². The van der Waals surface area contributed by atoms with E-state index in [0.29, 0.717) is 18.5 Å². The van der Waals surface area contributed by atoms with Crippen molar-refractivity contribution in [1.82, 2.24) is 15.1 Å². The monoisotopic (exact) mass is 359 g/mol. The van der Waals surface area contributed by atoms with E-state index in [1.165, 1.54) is 30.5 Å². The van der Waals surface area contributed by atoms with E-state index in [2.05, 4.69) is 51.3 Å². The molecule has 2 heterocycles. The van der Waals surface area contributed by atoms with E-state index in [1.54, 1.807) is 0 Å². The van der Waals surface area contributed by atoms with Crippen LogP contribution in [0.3, 0.4) is 0 Å². The summed E-state index contributed by atoms with van der Waals surface area (Å²) in [5.41, 5.74) is 8.57. The van der Waals surface area contributed by atoms with Crippen LogP contribution in [0.15, 0.2) is 29.3 Å². The number of hydrogen-bond acceptors (Lipinski definition) is 4. The van der Waals surface area contributed by atoms with Gasteiger partial charge in [0.05, 0.1) is 19.8 Å². The maximum Gasteiger partial charge on any atom is 0.188 e. The predicted octanol–water partition coefficient (Wildman–Crippen LogP) is 1.41. The van der Waals surface area contributed by atoms with Crippen LogP contribution in [0.25, 0.3) is 0 Å². The van der Waals surface area contributed by atoms with Crippen LogP contribution in [0.4, 0.5) is 0 Å². The number of likely N-dealkylation sites (tertiary alicyclic amines) is 1. The highest BCUT2D eigenvalue weighted by Crippen LogP contribution is 2.15. The first-order valence-electron chi connectivity index (χ1n) is 9.90. The van der Waals surface area contributed by atoms with Crippen LogP contribution in [0, 0.1) is 0 Å². The second kappa shape index (κ2) is 9.90. The van der Waals surface area contributed by atoms with Gasteiger partial charge in [-0.2, -0.15) is 0 Å². The molecule has 0 saturated carbocycles. The fraction of sp³-hybridized carbons (Fsp3) is 0.650. The van der Waals surface area contributed by atoms with Crippen molar-refractivity contribution in [3.63, 3.8) is 0 Å². The lowest BCUT2D eigenvalue weighted by Gasteiger charge is -2.26. The van der Waals surface area contributed by atoms with Crippen LogP contribution in [-0.2, 0) is 17.8 Å². The lowest BCUT2D eigenvalue weighted by molar-refractivity contribution is 0.0342. The number of guanidine groups is 1. The molecule has 2 aliphatic heterocycles. The highest BCUT2D eigenvalue weighted by atomic mass is 16.5. The molecule has 0 aliphatic carbocycles. The number of ether oxygens (including phenoxy) is 1. The Kier molecular flexibility index (Phi) is 7.29. The summed E-state index contributed by atoms with van der Waals surface area (Å²) < 4.78 is 5.40. The van der Waals surface area contributed by atoms with Gasteiger partial charge in [-0.05, 0) is 37.1 Å². The Labute approximate surface area is 157 Å². The van der Waals surface area contributed by atoms with Crippen LogP contribution >= 0.6 is 0 Å². The van der Waals surface area contributed by atoms with Gasteiger partial charge in [-0.15, -0.1) is 0 Å². The first-order chi connectivity index (χ1) is 12.7. The first-order valence-corrected chi connectivity index (χ1v) is 9.90. The minimum atomic E-state index is 0.547. The van der Waals surface area contributed by atoms with E-state index in [-0.39, 0.29) is 0 Å². The van der Waals surface area contributed by atoms with Crippen molar-refractivity contribution >= 4 is 5.96 Å². The summed E-state index contributed by atoms with van der Waals surface area (Å²) >= 11 is 0. The van der Waals surface area contributed by atoms with Gasteiger partial charge < -0.3 is 15.8 Å². The Hall–Kier alpha value is -1.63. The number of likely N-dealkylation sites (N-methyl/N-ethyl adjacent to an activating group) is 1. The summed E-state index contributed by atoms with van der Waals surface area (Å²) in [6, 6.07) is 9.29. The normalized spacial score (nSPS) is 22.7. The van der Waals surface area contributed by atoms with Crippen molar-refractivity contribution in [2.24, 2.45) is 10.7 Å². The minimum Gasteiger partial charge on any atom is -0.379 e. The quantitative estimate of drug-likeness (QED) is 0.569. The van der Waals surface area contributed by atoms with Crippen molar-refractivity contribution in [1.29, 1.82) is 0 Å². The fourth-order valence-corrected chi connectivity index (χ4v) is 3.76. The Morgan fingerprint density at radius 3 is 2.65 bits per heavy atom. The van der Waals surface area contributed by atoms with Crippen molar-refractivity contribution < 1.29 is 4.74 Å². The summed E-state index contributed by atoms with van der Waals surface area (Å²) in [7, 11) is 0. The van der Waals surface area contributed by atoms with Crippen molar-refractivity contribution in [3.05, 3.63) is 35.4 Å². The van der Waals surface area contributed by atoms with Crippen LogP contribution in [0.5, 0.6) is 0 Å². The molecule has 0 radical (unpaired) electrons. The third-order valence-corrected chi connectivity index (χ3v) is 5.39. The molecule has 0 bridgehead atoms. The number of aliphatic imine (C=N–C) groups is 1. The molecule has 1 atom stereocenters. The predicted molar refractivity (Wildman–Crippen MR) is 106 cm³/mol. The van der Waals surface area contributed by atoms with E-state index in [0.717, 1.165) is 45.9 Å². The number of benzene rings is 1. The van der Waals surface area contributed by atoms with Gasteiger partial charge in [0.1, 0.15) is 0 Å².